The Balaban J connectivity index is 1.52. The van der Waals surface area contributed by atoms with Crippen LogP contribution in [0.2, 0.25) is 0 Å². The van der Waals surface area contributed by atoms with Gasteiger partial charge in [0.05, 0.1) is 12.2 Å². The zero-order valence-electron chi connectivity index (χ0n) is 13.6. The van der Waals surface area contributed by atoms with E-state index in [4.69, 9.17) is 10.7 Å². The number of fused-ring (bicyclic) bond motifs is 1. The van der Waals surface area contributed by atoms with Crippen molar-refractivity contribution >= 4 is 17.0 Å². The Bertz CT molecular complexity index is 856. The Morgan fingerprint density at radius 1 is 1.17 bits per heavy atom. The van der Waals surface area contributed by atoms with Crippen LogP contribution in [0.3, 0.4) is 0 Å². The molecule has 0 aliphatic carbocycles. The highest BCUT2D eigenvalue weighted by atomic mass is 32.1. The van der Waals surface area contributed by atoms with Gasteiger partial charge in [-0.3, -0.25) is 4.90 Å². The third-order valence-electron chi connectivity index (χ3n) is 4.21. The smallest absolute Gasteiger partial charge is 0.159 e. The van der Waals surface area contributed by atoms with Crippen LogP contribution in [0.1, 0.15) is 21.1 Å². The molecular weight excluding hydrogens is 318 g/mol. The third-order valence-corrected chi connectivity index (χ3v) is 5.11. The fraction of sp³-hybridized carbons (Fsp3) is 0.278. The second-order valence-electron chi connectivity index (χ2n) is 6.11. The number of aromatic nitrogens is 3. The monoisotopic (exact) mass is 337 g/mol. The molecule has 2 N–H and O–H groups in total. The summed E-state index contributed by atoms with van der Waals surface area (Å²) >= 11 is 1.77. The third kappa shape index (κ3) is 3.16. The minimum atomic E-state index is 0.754. The van der Waals surface area contributed by atoms with Gasteiger partial charge in [-0.25, -0.2) is 15.0 Å². The molecule has 0 bridgehead atoms. The topological polar surface area (TPSA) is 67.9 Å². The maximum Gasteiger partial charge on any atom is 0.159 e. The molecule has 0 saturated carbocycles. The zero-order valence-corrected chi connectivity index (χ0v) is 14.4. The first-order valence-electron chi connectivity index (χ1n) is 8.02. The van der Waals surface area contributed by atoms with Crippen molar-refractivity contribution in [3.05, 3.63) is 57.8 Å². The highest BCUT2D eigenvalue weighted by Crippen LogP contribution is 2.23. The second kappa shape index (κ2) is 6.30. The molecular formula is C18H19N5S. The van der Waals surface area contributed by atoms with E-state index in [1.54, 1.807) is 11.3 Å². The number of nitrogens with two attached hydrogens (primary N) is 1. The van der Waals surface area contributed by atoms with Crippen LogP contribution in [-0.2, 0) is 19.5 Å². The molecule has 0 saturated heterocycles. The minimum absolute atomic E-state index is 0.754. The van der Waals surface area contributed by atoms with E-state index in [0.29, 0.717) is 0 Å². The molecule has 0 fully saturated rings. The zero-order chi connectivity index (χ0) is 16.5. The SMILES string of the molecule is Cc1cnc(CN2CCc3nc(-c4ccc(N)cc4)ncc3C2)s1. The minimum Gasteiger partial charge on any atom is -0.399 e. The van der Waals surface area contributed by atoms with Crippen LogP contribution < -0.4 is 5.73 Å². The molecule has 1 aliphatic rings. The molecule has 4 rings (SSSR count). The largest absolute Gasteiger partial charge is 0.399 e. The fourth-order valence-electron chi connectivity index (χ4n) is 2.95. The van der Waals surface area contributed by atoms with Gasteiger partial charge in [0.15, 0.2) is 5.82 Å². The van der Waals surface area contributed by atoms with Crippen LogP contribution in [0, 0.1) is 6.92 Å². The average molecular weight is 337 g/mol. The molecule has 0 atom stereocenters. The van der Waals surface area contributed by atoms with Crippen molar-refractivity contribution in [1.29, 1.82) is 0 Å². The molecule has 122 valence electrons. The first kappa shape index (κ1) is 15.2. The van der Waals surface area contributed by atoms with E-state index < -0.39 is 0 Å². The van der Waals surface area contributed by atoms with Crippen molar-refractivity contribution in [3.63, 3.8) is 0 Å². The van der Waals surface area contributed by atoms with Crippen molar-refractivity contribution in [2.45, 2.75) is 26.4 Å². The number of nitrogens with zero attached hydrogens (tertiary/aromatic N) is 4. The number of hydrogen-bond acceptors (Lipinski definition) is 6. The average Bonchev–Trinajstić information content (AvgIpc) is 3.00. The Kier molecular flexibility index (Phi) is 4.00. The number of thiazole rings is 1. The summed E-state index contributed by atoms with van der Waals surface area (Å²) in [7, 11) is 0. The van der Waals surface area contributed by atoms with Gasteiger partial charge in [-0.15, -0.1) is 11.3 Å². The summed E-state index contributed by atoms with van der Waals surface area (Å²) < 4.78 is 0. The molecule has 5 nitrogen and oxygen atoms in total. The predicted octanol–water partition coefficient (Wildman–Crippen LogP) is 3.05. The molecule has 2 aromatic heterocycles. The van der Waals surface area contributed by atoms with E-state index in [0.717, 1.165) is 48.8 Å². The van der Waals surface area contributed by atoms with E-state index in [1.165, 1.54) is 15.4 Å². The maximum atomic E-state index is 5.75. The highest BCUT2D eigenvalue weighted by molar-refractivity contribution is 7.11. The Morgan fingerprint density at radius 2 is 2.00 bits per heavy atom. The number of rotatable bonds is 3. The van der Waals surface area contributed by atoms with Crippen LogP contribution in [0.5, 0.6) is 0 Å². The van der Waals surface area contributed by atoms with Gasteiger partial charge in [0, 0.05) is 53.6 Å². The van der Waals surface area contributed by atoms with Gasteiger partial charge in [-0.05, 0) is 31.2 Å². The second-order valence-corrected chi connectivity index (χ2v) is 7.43. The van der Waals surface area contributed by atoms with E-state index >= 15 is 0 Å². The Hall–Kier alpha value is -2.31. The molecule has 3 aromatic rings. The summed E-state index contributed by atoms with van der Waals surface area (Å²) in [5.74, 6) is 0.776. The van der Waals surface area contributed by atoms with Gasteiger partial charge in [0.1, 0.15) is 5.01 Å². The van der Waals surface area contributed by atoms with Crippen LogP contribution >= 0.6 is 11.3 Å². The Morgan fingerprint density at radius 3 is 2.75 bits per heavy atom. The molecule has 6 heteroatoms. The molecule has 0 unspecified atom stereocenters. The van der Waals surface area contributed by atoms with Crippen molar-refractivity contribution in [3.8, 4) is 11.4 Å². The summed E-state index contributed by atoms with van der Waals surface area (Å²) in [6.45, 7) is 4.89. The lowest BCUT2D eigenvalue weighted by Crippen LogP contribution is -2.30. The molecule has 0 radical (unpaired) electrons. The molecule has 1 aliphatic heterocycles. The Labute approximate surface area is 145 Å². The number of hydrogen-bond donors (Lipinski definition) is 1. The summed E-state index contributed by atoms with van der Waals surface area (Å²) in [6, 6.07) is 7.71. The summed E-state index contributed by atoms with van der Waals surface area (Å²) in [4.78, 5) is 17.4. The fourth-order valence-corrected chi connectivity index (χ4v) is 3.78. The highest BCUT2D eigenvalue weighted by Gasteiger charge is 2.19. The van der Waals surface area contributed by atoms with E-state index in [-0.39, 0.29) is 0 Å². The van der Waals surface area contributed by atoms with Gasteiger partial charge in [-0.2, -0.15) is 0 Å². The molecule has 0 spiro atoms. The summed E-state index contributed by atoms with van der Waals surface area (Å²) in [5.41, 5.74) is 9.88. The lowest BCUT2D eigenvalue weighted by atomic mass is 10.1. The van der Waals surface area contributed by atoms with Gasteiger partial charge in [-0.1, -0.05) is 0 Å². The predicted molar refractivity (Wildman–Crippen MR) is 96.5 cm³/mol. The van der Waals surface area contributed by atoms with E-state index in [2.05, 4.69) is 21.8 Å². The normalized spacial score (nSPS) is 14.5. The van der Waals surface area contributed by atoms with Crippen LogP contribution in [-0.4, -0.2) is 26.4 Å². The molecule has 3 heterocycles. The first-order valence-corrected chi connectivity index (χ1v) is 8.83. The lowest BCUT2D eigenvalue weighted by Gasteiger charge is -2.27. The van der Waals surface area contributed by atoms with E-state index in [9.17, 15) is 0 Å². The molecule has 0 amide bonds. The number of anilines is 1. The first-order chi connectivity index (χ1) is 11.7. The number of aryl methyl sites for hydroxylation is 1. The lowest BCUT2D eigenvalue weighted by molar-refractivity contribution is 0.242. The van der Waals surface area contributed by atoms with Crippen LogP contribution in [0.25, 0.3) is 11.4 Å². The van der Waals surface area contributed by atoms with Crippen molar-refractivity contribution < 1.29 is 0 Å². The van der Waals surface area contributed by atoms with E-state index in [1.807, 2.05) is 36.7 Å². The van der Waals surface area contributed by atoms with Gasteiger partial charge >= 0.3 is 0 Å². The maximum absolute atomic E-state index is 5.75. The van der Waals surface area contributed by atoms with Crippen molar-refractivity contribution in [1.82, 2.24) is 19.9 Å². The van der Waals surface area contributed by atoms with Crippen LogP contribution in [0.4, 0.5) is 5.69 Å². The molecule has 1 aromatic carbocycles. The number of nitrogen functional groups attached to an aromatic ring is 1. The van der Waals surface area contributed by atoms with Gasteiger partial charge in [0.25, 0.3) is 0 Å². The summed E-state index contributed by atoms with van der Waals surface area (Å²) in [5, 5.41) is 1.18. The molecule has 24 heavy (non-hydrogen) atoms. The van der Waals surface area contributed by atoms with Crippen molar-refractivity contribution in [2.75, 3.05) is 12.3 Å². The van der Waals surface area contributed by atoms with Crippen LogP contribution in [0.15, 0.2) is 36.7 Å². The van der Waals surface area contributed by atoms with Crippen molar-refractivity contribution in [2.24, 2.45) is 0 Å². The van der Waals surface area contributed by atoms with Gasteiger partial charge in [0.2, 0.25) is 0 Å². The summed E-state index contributed by atoms with van der Waals surface area (Å²) in [6.07, 6.45) is 4.86. The van der Waals surface area contributed by atoms with Gasteiger partial charge < -0.3 is 5.73 Å². The number of benzene rings is 1. The standard InChI is InChI=1S/C18H19N5S/c1-12-8-20-17(24-12)11-23-7-6-16-14(10-23)9-21-18(22-16)13-2-4-15(19)5-3-13/h2-5,8-9H,6-7,10-11,19H2,1H3. The quantitative estimate of drug-likeness (QED) is 0.744.